The average Bonchev–Trinajstić information content (AvgIpc) is 2.20. The van der Waals surface area contributed by atoms with E-state index in [-0.39, 0.29) is 5.91 Å². The summed E-state index contributed by atoms with van der Waals surface area (Å²) < 4.78 is 0. The highest BCUT2D eigenvalue weighted by Crippen LogP contribution is 2.09. The number of carbonyl (C=O) groups is 1. The van der Waals surface area contributed by atoms with Crippen LogP contribution in [0.5, 0.6) is 0 Å². The van der Waals surface area contributed by atoms with E-state index in [0.717, 1.165) is 5.56 Å². The number of aryl methyl sites for hydroxylation is 1. The van der Waals surface area contributed by atoms with Crippen LogP contribution in [0, 0.1) is 6.92 Å². The van der Waals surface area contributed by atoms with E-state index in [0.29, 0.717) is 12.2 Å². The summed E-state index contributed by atoms with van der Waals surface area (Å²) in [5.74, 6) is 0.399. The monoisotopic (exact) mass is 193 g/mol. The van der Waals surface area contributed by atoms with Crippen molar-refractivity contribution in [1.82, 2.24) is 4.98 Å². The maximum atomic E-state index is 11.4. The largest absolute Gasteiger partial charge is 0.320 e. The molecule has 1 amide bonds. The Balaban J connectivity index is 2.70. The second-order valence-corrected chi connectivity index (χ2v) is 3.17. The van der Waals surface area contributed by atoms with E-state index in [2.05, 4.69) is 10.3 Å². The zero-order chi connectivity index (χ0) is 10.6. The summed E-state index contributed by atoms with van der Waals surface area (Å²) in [7, 11) is 0. The standard InChI is InChI=1S/C10H15N3O/c1-3-8(11)10(14)13-9-7(2)5-4-6-12-9/h4-6,8H,3,11H2,1-2H3,(H,12,13,14)/t8-/m0/s1. The first kappa shape index (κ1) is 10.7. The van der Waals surface area contributed by atoms with Crippen LogP contribution in [0.3, 0.4) is 0 Å². The average molecular weight is 193 g/mol. The number of carbonyl (C=O) groups excluding carboxylic acids is 1. The lowest BCUT2D eigenvalue weighted by molar-refractivity contribution is -0.117. The molecule has 0 aromatic carbocycles. The van der Waals surface area contributed by atoms with Crippen LogP contribution in [0.4, 0.5) is 5.82 Å². The van der Waals surface area contributed by atoms with Crippen LogP contribution in [0.15, 0.2) is 18.3 Å². The minimum absolute atomic E-state index is 0.186. The highest BCUT2D eigenvalue weighted by molar-refractivity contribution is 5.94. The number of anilines is 1. The molecule has 76 valence electrons. The number of amides is 1. The summed E-state index contributed by atoms with van der Waals surface area (Å²) in [5.41, 5.74) is 6.51. The maximum Gasteiger partial charge on any atom is 0.242 e. The molecule has 0 aliphatic rings. The van der Waals surface area contributed by atoms with Crippen molar-refractivity contribution in [2.24, 2.45) is 5.73 Å². The third-order valence-electron chi connectivity index (χ3n) is 2.03. The molecule has 1 rings (SSSR count). The number of hydrogen-bond acceptors (Lipinski definition) is 3. The summed E-state index contributed by atoms with van der Waals surface area (Å²) >= 11 is 0. The fourth-order valence-corrected chi connectivity index (χ4v) is 1.01. The first-order valence-electron chi connectivity index (χ1n) is 4.63. The molecule has 4 heteroatoms. The Bertz CT molecular complexity index is 325. The normalized spacial score (nSPS) is 12.2. The van der Waals surface area contributed by atoms with Gasteiger partial charge in [0.25, 0.3) is 0 Å². The first-order valence-corrected chi connectivity index (χ1v) is 4.63. The Labute approximate surface area is 83.5 Å². The molecule has 1 aromatic rings. The van der Waals surface area contributed by atoms with Gasteiger partial charge in [-0.2, -0.15) is 0 Å². The minimum Gasteiger partial charge on any atom is -0.320 e. The SMILES string of the molecule is CC[C@H](N)C(=O)Nc1ncccc1C. The smallest absolute Gasteiger partial charge is 0.242 e. The number of pyridine rings is 1. The van der Waals surface area contributed by atoms with Gasteiger partial charge in [-0.3, -0.25) is 4.79 Å². The van der Waals surface area contributed by atoms with E-state index in [1.807, 2.05) is 26.0 Å². The van der Waals surface area contributed by atoms with Crippen molar-refractivity contribution >= 4 is 11.7 Å². The highest BCUT2D eigenvalue weighted by Gasteiger charge is 2.12. The Kier molecular flexibility index (Phi) is 3.59. The lowest BCUT2D eigenvalue weighted by Crippen LogP contribution is -2.35. The van der Waals surface area contributed by atoms with Gasteiger partial charge >= 0.3 is 0 Å². The lowest BCUT2D eigenvalue weighted by Gasteiger charge is -2.10. The molecule has 1 atom stereocenters. The number of hydrogen-bond donors (Lipinski definition) is 2. The Morgan fingerprint density at radius 3 is 3.00 bits per heavy atom. The van der Waals surface area contributed by atoms with Crippen LogP contribution in [0.2, 0.25) is 0 Å². The second-order valence-electron chi connectivity index (χ2n) is 3.17. The van der Waals surface area contributed by atoms with E-state index in [9.17, 15) is 4.79 Å². The summed E-state index contributed by atoms with van der Waals surface area (Å²) in [6, 6.07) is 3.25. The van der Waals surface area contributed by atoms with Gasteiger partial charge in [-0.25, -0.2) is 4.98 Å². The van der Waals surface area contributed by atoms with Crippen LogP contribution in [-0.2, 0) is 4.79 Å². The minimum atomic E-state index is -0.462. The molecule has 0 unspecified atom stereocenters. The fourth-order valence-electron chi connectivity index (χ4n) is 1.01. The van der Waals surface area contributed by atoms with Crippen molar-refractivity contribution in [3.05, 3.63) is 23.9 Å². The summed E-state index contributed by atoms with van der Waals surface area (Å²) in [4.78, 5) is 15.5. The molecule has 0 saturated carbocycles. The molecule has 1 heterocycles. The topological polar surface area (TPSA) is 68.0 Å². The molecular weight excluding hydrogens is 178 g/mol. The van der Waals surface area contributed by atoms with Crippen LogP contribution in [0.1, 0.15) is 18.9 Å². The van der Waals surface area contributed by atoms with Gasteiger partial charge in [0, 0.05) is 6.20 Å². The molecule has 0 fully saturated rings. The van der Waals surface area contributed by atoms with E-state index in [4.69, 9.17) is 5.73 Å². The zero-order valence-electron chi connectivity index (χ0n) is 8.45. The number of aromatic nitrogens is 1. The summed E-state index contributed by atoms with van der Waals surface area (Å²) in [5, 5.41) is 2.69. The number of rotatable bonds is 3. The van der Waals surface area contributed by atoms with Crippen LogP contribution < -0.4 is 11.1 Å². The van der Waals surface area contributed by atoms with Gasteiger partial charge in [-0.1, -0.05) is 13.0 Å². The number of nitrogens with two attached hydrogens (primary N) is 1. The molecule has 3 N–H and O–H groups in total. The van der Waals surface area contributed by atoms with Gasteiger partial charge in [0.05, 0.1) is 6.04 Å². The molecule has 0 aliphatic heterocycles. The van der Waals surface area contributed by atoms with Gasteiger partial charge in [0.2, 0.25) is 5.91 Å². The van der Waals surface area contributed by atoms with Crippen molar-refractivity contribution in [3.8, 4) is 0 Å². The molecule has 1 aromatic heterocycles. The van der Waals surface area contributed by atoms with Crippen molar-refractivity contribution < 1.29 is 4.79 Å². The predicted molar refractivity (Wildman–Crippen MR) is 55.9 cm³/mol. The van der Waals surface area contributed by atoms with Gasteiger partial charge in [0.1, 0.15) is 5.82 Å². The quantitative estimate of drug-likeness (QED) is 0.754. The van der Waals surface area contributed by atoms with Crippen LogP contribution >= 0.6 is 0 Å². The maximum absolute atomic E-state index is 11.4. The van der Waals surface area contributed by atoms with Crippen molar-refractivity contribution in [1.29, 1.82) is 0 Å². The third kappa shape index (κ3) is 2.53. The summed E-state index contributed by atoms with van der Waals surface area (Å²) in [6.07, 6.45) is 2.26. The van der Waals surface area contributed by atoms with Crippen LogP contribution in [-0.4, -0.2) is 16.9 Å². The van der Waals surface area contributed by atoms with E-state index in [1.54, 1.807) is 6.20 Å². The third-order valence-corrected chi connectivity index (χ3v) is 2.03. The van der Waals surface area contributed by atoms with Gasteiger partial charge in [-0.05, 0) is 25.0 Å². The first-order chi connectivity index (χ1) is 6.65. The fraction of sp³-hybridized carbons (Fsp3) is 0.400. The lowest BCUT2D eigenvalue weighted by atomic mass is 10.2. The van der Waals surface area contributed by atoms with E-state index in [1.165, 1.54) is 0 Å². The molecule has 0 spiro atoms. The molecule has 0 radical (unpaired) electrons. The van der Waals surface area contributed by atoms with Crippen molar-refractivity contribution in [3.63, 3.8) is 0 Å². The molecule has 4 nitrogen and oxygen atoms in total. The molecule has 14 heavy (non-hydrogen) atoms. The Morgan fingerprint density at radius 1 is 1.71 bits per heavy atom. The number of nitrogens with zero attached hydrogens (tertiary/aromatic N) is 1. The highest BCUT2D eigenvalue weighted by atomic mass is 16.2. The van der Waals surface area contributed by atoms with Gasteiger partial charge in [0.15, 0.2) is 0 Å². The second kappa shape index (κ2) is 4.72. The molecular formula is C10H15N3O. The predicted octanol–water partition coefficient (Wildman–Crippen LogP) is 1.07. The van der Waals surface area contributed by atoms with Crippen molar-refractivity contribution in [2.75, 3.05) is 5.32 Å². The number of nitrogens with one attached hydrogen (secondary N) is 1. The molecule has 0 aliphatic carbocycles. The van der Waals surface area contributed by atoms with E-state index < -0.39 is 6.04 Å². The molecule has 0 bridgehead atoms. The van der Waals surface area contributed by atoms with Gasteiger partial charge in [-0.15, -0.1) is 0 Å². The van der Waals surface area contributed by atoms with Gasteiger partial charge < -0.3 is 11.1 Å². The Morgan fingerprint density at radius 2 is 2.43 bits per heavy atom. The van der Waals surface area contributed by atoms with E-state index >= 15 is 0 Å². The van der Waals surface area contributed by atoms with Crippen LogP contribution in [0.25, 0.3) is 0 Å². The zero-order valence-corrected chi connectivity index (χ0v) is 8.45. The summed E-state index contributed by atoms with van der Waals surface area (Å²) in [6.45, 7) is 3.76. The van der Waals surface area contributed by atoms with Crippen molar-refractivity contribution in [2.45, 2.75) is 26.3 Å². The Hall–Kier alpha value is -1.42. The molecule has 0 saturated heterocycles.